The molecule has 0 atom stereocenters. The lowest BCUT2D eigenvalue weighted by Crippen LogP contribution is -2.47. The Kier molecular flexibility index (Phi) is 7.40. The monoisotopic (exact) mass is 472 g/mol. The zero-order valence-corrected chi connectivity index (χ0v) is 18.4. The summed E-state index contributed by atoms with van der Waals surface area (Å²) in [6.45, 7) is 4.75. The Morgan fingerprint density at radius 1 is 1.16 bits per heavy atom. The first-order chi connectivity index (χ1) is 14.7. The summed E-state index contributed by atoms with van der Waals surface area (Å²) in [6, 6.07) is 7.76. The Morgan fingerprint density at radius 3 is 2.38 bits per heavy atom. The minimum Gasteiger partial charge on any atom is -0.406 e. The summed E-state index contributed by atoms with van der Waals surface area (Å²) in [7, 11) is 1.37. The van der Waals surface area contributed by atoms with E-state index in [1.807, 2.05) is 0 Å². The van der Waals surface area contributed by atoms with Gasteiger partial charge < -0.3 is 15.4 Å². The fraction of sp³-hybridized carbons (Fsp3) is 0.286. The van der Waals surface area contributed by atoms with Crippen molar-refractivity contribution >= 4 is 35.3 Å². The predicted octanol–water partition coefficient (Wildman–Crippen LogP) is 4.41. The van der Waals surface area contributed by atoms with Crippen LogP contribution < -0.4 is 15.4 Å². The summed E-state index contributed by atoms with van der Waals surface area (Å²) in [5.74, 6) is -1.77. The Morgan fingerprint density at radius 2 is 1.81 bits per heavy atom. The molecule has 0 saturated heterocycles. The molecule has 3 N–H and O–H groups in total. The van der Waals surface area contributed by atoms with E-state index in [0.29, 0.717) is 5.56 Å². The SMILES string of the molecule is Cc1cc(OC(F)(F)F)ccc1NC(=O)c1cccc(Cl)c1C(=O)NC(C)(C)C=[N+](C)O. The molecule has 0 unspecified atom stereocenters. The van der Waals surface area contributed by atoms with E-state index < -0.39 is 29.5 Å². The second-order valence-corrected chi connectivity index (χ2v) is 7.93. The maximum absolute atomic E-state index is 12.9. The number of alkyl halides is 3. The van der Waals surface area contributed by atoms with Crippen molar-refractivity contribution in [2.24, 2.45) is 0 Å². The number of ether oxygens (including phenoxy) is 1. The first-order valence-corrected chi connectivity index (χ1v) is 9.63. The smallest absolute Gasteiger partial charge is 0.406 e. The molecule has 0 aliphatic carbocycles. The molecule has 0 saturated carbocycles. The maximum atomic E-state index is 12.9. The highest BCUT2D eigenvalue weighted by Crippen LogP contribution is 2.28. The van der Waals surface area contributed by atoms with Gasteiger partial charge in [-0.25, -0.2) is 0 Å². The van der Waals surface area contributed by atoms with Gasteiger partial charge in [-0.05, 0) is 61.4 Å². The largest absolute Gasteiger partial charge is 0.573 e. The van der Waals surface area contributed by atoms with Gasteiger partial charge in [-0.2, -0.15) is 0 Å². The third-order valence-electron chi connectivity index (χ3n) is 4.11. The molecule has 32 heavy (non-hydrogen) atoms. The molecule has 11 heteroatoms. The number of hydrogen-bond acceptors (Lipinski definition) is 4. The van der Waals surface area contributed by atoms with Gasteiger partial charge in [-0.3, -0.25) is 14.8 Å². The van der Waals surface area contributed by atoms with E-state index in [1.165, 1.54) is 44.5 Å². The van der Waals surface area contributed by atoms with Crippen LogP contribution in [-0.2, 0) is 0 Å². The average molecular weight is 473 g/mol. The van der Waals surface area contributed by atoms with Crippen molar-refractivity contribution < 1.29 is 37.4 Å². The molecule has 0 aliphatic rings. The highest BCUT2D eigenvalue weighted by Gasteiger charge is 2.31. The molecule has 172 valence electrons. The Hall–Kier alpha value is -3.27. The number of rotatable bonds is 6. The Balaban J connectivity index is 2.31. The number of nitrogens with one attached hydrogen (secondary N) is 2. The van der Waals surface area contributed by atoms with Gasteiger partial charge in [-0.15, -0.1) is 13.2 Å². The summed E-state index contributed by atoms with van der Waals surface area (Å²) < 4.78 is 41.8. The summed E-state index contributed by atoms with van der Waals surface area (Å²) in [5.41, 5.74) is -0.568. The van der Waals surface area contributed by atoms with Crippen molar-refractivity contribution in [3.05, 3.63) is 58.1 Å². The molecule has 0 bridgehead atoms. The van der Waals surface area contributed by atoms with E-state index in [9.17, 15) is 28.0 Å². The fourth-order valence-electron chi connectivity index (χ4n) is 2.96. The van der Waals surface area contributed by atoms with Gasteiger partial charge in [-0.1, -0.05) is 17.7 Å². The van der Waals surface area contributed by atoms with Crippen molar-refractivity contribution in [1.29, 1.82) is 0 Å². The molecular formula is C21H22ClF3N3O4+. The van der Waals surface area contributed by atoms with Crippen molar-refractivity contribution in [1.82, 2.24) is 5.32 Å². The number of anilines is 1. The van der Waals surface area contributed by atoms with Crippen molar-refractivity contribution in [2.45, 2.75) is 32.7 Å². The van der Waals surface area contributed by atoms with E-state index in [1.54, 1.807) is 13.8 Å². The van der Waals surface area contributed by atoms with E-state index in [2.05, 4.69) is 15.4 Å². The Bertz CT molecular complexity index is 1060. The second-order valence-electron chi connectivity index (χ2n) is 7.52. The lowest BCUT2D eigenvalue weighted by molar-refractivity contribution is -0.752. The summed E-state index contributed by atoms with van der Waals surface area (Å²) >= 11 is 6.19. The van der Waals surface area contributed by atoms with Gasteiger partial charge in [0.05, 0.1) is 16.1 Å². The number of carbonyl (C=O) groups excluding carboxylic acids is 2. The standard InChI is InChI=1S/C21H21ClF3N3O4/c1-12-10-13(32-21(23,24)25)8-9-16(12)26-18(29)14-6-5-7-15(22)17(14)19(30)27-20(2,3)11-28(4)31/h5-11H,1-4H3,(H2-,26,27,29,30,31)/p+1. The highest BCUT2D eigenvalue weighted by molar-refractivity contribution is 6.35. The first-order valence-electron chi connectivity index (χ1n) is 9.25. The number of nitrogens with zero attached hydrogens (tertiary/aromatic N) is 1. The predicted molar refractivity (Wildman–Crippen MR) is 113 cm³/mol. The highest BCUT2D eigenvalue weighted by atomic mass is 35.5. The number of aryl methyl sites for hydroxylation is 1. The molecule has 0 aromatic heterocycles. The van der Waals surface area contributed by atoms with E-state index in [-0.39, 0.29) is 21.8 Å². The van der Waals surface area contributed by atoms with Crippen LogP contribution in [0.2, 0.25) is 5.02 Å². The molecule has 2 amide bonds. The van der Waals surface area contributed by atoms with Crippen LogP contribution in [0, 0.1) is 6.92 Å². The molecule has 0 aliphatic heterocycles. The lowest BCUT2D eigenvalue weighted by atomic mass is 10.0. The summed E-state index contributed by atoms with van der Waals surface area (Å²) in [5, 5.41) is 14.7. The summed E-state index contributed by atoms with van der Waals surface area (Å²) in [6.07, 6.45) is -3.49. The normalized spacial score (nSPS) is 12.3. The maximum Gasteiger partial charge on any atom is 0.573 e. The fourth-order valence-corrected chi connectivity index (χ4v) is 3.22. The number of amides is 2. The molecule has 7 nitrogen and oxygen atoms in total. The quantitative estimate of drug-likeness (QED) is 0.251. The number of carbonyl (C=O) groups is 2. The van der Waals surface area contributed by atoms with Gasteiger partial charge in [0.2, 0.25) is 6.21 Å². The zero-order chi connectivity index (χ0) is 24.3. The van der Waals surface area contributed by atoms with Gasteiger partial charge in [0.15, 0.2) is 7.05 Å². The van der Waals surface area contributed by atoms with Crippen LogP contribution in [0.1, 0.15) is 40.1 Å². The van der Waals surface area contributed by atoms with Crippen molar-refractivity contribution in [2.75, 3.05) is 12.4 Å². The van der Waals surface area contributed by atoms with Gasteiger partial charge >= 0.3 is 6.36 Å². The molecule has 2 aromatic carbocycles. The molecule has 0 fully saturated rings. The molecular weight excluding hydrogens is 451 g/mol. The Labute approximate surface area is 187 Å². The minimum atomic E-state index is -4.84. The lowest BCUT2D eigenvalue weighted by Gasteiger charge is -2.20. The van der Waals surface area contributed by atoms with Crippen LogP contribution in [0.25, 0.3) is 0 Å². The minimum absolute atomic E-state index is 0.0222. The first kappa shape index (κ1) is 25.0. The van der Waals surface area contributed by atoms with Gasteiger partial charge in [0.25, 0.3) is 11.8 Å². The number of halogens is 4. The summed E-state index contributed by atoms with van der Waals surface area (Å²) in [4.78, 5) is 25.7. The molecule has 2 aromatic rings. The molecule has 0 spiro atoms. The van der Waals surface area contributed by atoms with Crippen molar-refractivity contribution in [3.8, 4) is 5.75 Å². The van der Waals surface area contributed by atoms with E-state index in [0.717, 1.165) is 16.9 Å². The van der Waals surface area contributed by atoms with Crippen LogP contribution in [-0.4, -0.2) is 46.9 Å². The van der Waals surface area contributed by atoms with E-state index in [4.69, 9.17) is 11.6 Å². The number of benzene rings is 2. The third-order valence-corrected chi connectivity index (χ3v) is 4.43. The van der Waals surface area contributed by atoms with Crippen LogP contribution in [0.15, 0.2) is 36.4 Å². The molecule has 2 rings (SSSR count). The van der Waals surface area contributed by atoms with Crippen LogP contribution >= 0.6 is 11.6 Å². The van der Waals surface area contributed by atoms with Crippen LogP contribution in [0.3, 0.4) is 0 Å². The second kappa shape index (κ2) is 9.47. The topological polar surface area (TPSA) is 90.7 Å². The molecule has 0 radical (unpaired) electrons. The van der Waals surface area contributed by atoms with E-state index >= 15 is 0 Å². The van der Waals surface area contributed by atoms with Crippen LogP contribution in [0.5, 0.6) is 5.75 Å². The van der Waals surface area contributed by atoms with Gasteiger partial charge in [0, 0.05) is 5.69 Å². The van der Waals surface area contributed by atoms with Crippen LogP contribution in [0.4, 0.5) is 18.9 Å². The average Bonchev–Trinajstić information content (AvgIpc) is 2.60. The number of hydroxylamine groups is 1. The zero-order valence-electron chi connectivity index (χ0n) is 17.7. The number of hydrogen-bond donors (Lipinski definition) is 3. The van der Waals surface area contributed by atoms with Crippen molar-refractivity contribution in [3.63, 3.8) is 0 Å². The molecule has 0 heterocycles. The third kappa shape index (κ3) is 6.88. The van der Waals surface area contributed by atoms with Gasteiger partial charge in [0.1, 0.15) is 11.3 Å².